The van der Waals surface area contributed by atoms with Gasteiger partial charge in [0.25, 0.3) is 0 Å². The lowest BCUT2D eigenvalue weighted by molar-refractivity contribution is 0.616. The molecule has 0 aliphatic heterocycles. The zero-order chi connectivity index (χ0) is 9.94. The molecule has 0 saturated heterocycles. The van der Waals surface area contributed by atoms with Crippen LogP contribution in [-0.2, 0) is 0 Å². The zero-order valence-corrected chi connectivity index (χ0v) is 10.2. The second-order valence-electron chi connectivity index (χ2n) is 3.61. The molecule has 0 aromatic rings. The number of thioether (sulfide) groups is 1. The molecule has 0 aliphatic rings. The van der Waals surface area contributed by atoms with E-state index >= 15 is 0 Å². The number of hydrogen-bond donors (Lipinski definition) is 0. The highest BCUT2D eigenvalue weighted by atomic mass is 32.2. The van der Waals surface area contributed by atoms with E-state index in [1.807, 2.05) is 11.8 Å². The van der Waals surface area contributed by atoms with Gasteiger partial charge < -0.3 is 0 Å². The largest absolute Gasteiger partial charge is 0.162 e. The van der Waals surface area contributed by atoms with Crippen LogP contribution in [0.15, 0.2) is 12.2 Å². The van der Waals surface area contributed by atoms with E-state index in [0.29, 0.717) is 0 Å². The van der Waals surface area contributed by atoms with Crippen LogP contribution >= 0.6 is 11.8 Å². The van der Waals surface area contributed by atoms with Crippen molar-refractivity contribution in [3.05, 3.63) is 12.2 Å². The zero-order valence-electron chi connectivity index (χ0n) is 9.38. The summed E-state index contributed by atoms with van der Waals surface area (Å²) in [5.74, 6) is 0. The summed E-state index contributed by atoms with van der Waals surface area (Å²) >= 11 is 1.99. The van der Waals surface area contributed by atoms with Crippen molar-refractivity contribution in [2.75, 3.05) is 6.26 Å². The summed E-state index contributed by atoms with van der Waals surface area (Å²) in [6, 6.07) is 0. The van der Waals surface area contributed by atoms with Gasteiger partial charge in [-0.1, -0.05) is 38.3 Å². The SMILES string of the molecule is C/C=C/CCCCCCC(C)SC. The molecule has 0 saturated carbocycles. The molecule has 0 amide bonds. The normalized spacial score (nSPS) is 13.8. The Morgan fingerprint density at radius 1 is 1.15 bits per heavy atom. The second kappa shape index (κ2) is 10.2. The Morgan fingerprint density at radius 3 is 2.46 bits per heavy atom. The van der Waals surface area contributed by atoms with Crippen LogP contribution in [0.1, 0.15) is 52.4 Å². The summed E-state index contributed by atoms with van der Waals surface area (Å²) in [5.41, 5.74) is 0. The van der Waals surface area contributed by atoms with E-state index in [2.05, 4.69) is 32.3 Å². The molecule has 0 radical (unpaired) electrons. The number of hydrogen-bond acceptors (Lipinski definition) is 1. The highest BCUT2D eigenvalue weighted by Gasteiger charge is 1.97. The van der Waals surface area contributed by atoms with Gasteiger partial charge in [0.15, 0.2) is 0 Å². The fourth-order valence-corrected chi connectivity index (χ4v) is 1.73. The predicted octanol–water partition coefficient (Wildman–Crippen LogP) is 4.65. The molecule has 1 heteroatoms. The van der Waals surface area contributed by atoms with Crippen LogP contribution in [-0.4, -0.2) is 11.5 Å². The topological polar surface area (TPSA) is 0 Å². The van der Waals surface area contributed by atoms with Crippen molar-refractivity contribution in [1.82, 2.24) is 0 Å². The minimum atomic E-state index is 0.857. The van der Waals surface area contributed by atoms with Crippen molar-refractivity contribution >= 4 is 11.8 Å². The van der Waals surface area contributed by atoms with E-state index in [-0.39, 0.29) is 0 Å². The first kappa shape index (κ1) is 13.1. The molecule has 0 bridgehead atoms. The first-order chi connectivity index (χ1) is 6.31. The molecular formula is C12H24S. The Labute approximate surface area is 88.2 Å². The summed E-state index contributed by atoms with van der Waals surface area (Å²) in [6.07, 6.45) is 14.9. The van der Waals surface area contributed by atoms with Gasteiger partial charge in [0.1, 0.15) is 0 Å². The number of allylic oxidation sites excluding steroid dienone is 2. The van der Waals surface area contributed by atoms with Crippen molar-refractivity contribution in [1.29, 1.82) is 0 Å². The minimum absolute atomic E-state index is 0.857. The molecule has 0 nitrogen and oxygen atoms in total. The molecular weight excluding hydrogens is 176 g/mol. The molecule has 0 aliphatic carbocycles. The lowest BCUT2D eigenvalue weighted by Crippen LogP contribution is -1.93. The van der Waals surface area contributed by atoms with E-state index in [4.69, 9.17) is 0 Å². The molecule has 0 heterocycles. The van der Waals surface area contributed by atoms with Crippen LogP contribution < -0.4 is 0 Å². The van der Waals surface area contributed by atoms with Gasteiger partial charge in [-0.2, -0.15) is 11.8 Å². The van der Waals surface area contributed by atoms with Crippen LogP contribution in [0.25, 0.3) is 0 Å². The average Bonchev–Trinajstić information content (AvgIpc) is 2.16. The summed E-state index contributed by atoms with van der Waals surface area (Å²) in [7, 11) is 0. The Hall–Kier alpha value is 0.0900. The summed E-state index contributed by atoms with van der Waals surface area (Å²) in [6.45, 7) is 4.42. The molecule has 0 aromatic heterocycles. The summed E-state index contributed by atoms with van der Waals surface area (Å²) < 4.78 is 0. The van der Waals surface area contributed by atoms with Gasteiger partial charge in [0.05, 0.1) is 0 Å². The fourth-order valence-electron chi connectivity index (χ4n) is 1.33. The van der Waals surface area contributed by atoms with Gasteiger partial charge in [0.2, 0.25) is 0 Å². The van der Waals surface area contributed by atoms with Crippen molar-refractivity contribution in [3.63, 3.8) is 0 Å². The molecule has 0 fully saturated rings. The maximum Gasteiger partial charge on any atom is 0.00159 e. The molecule has 0 N–H and O–H groups in total. The van der Waals surface area contributed by atoms with E-state index in [1.165, 1.54) is 38.5 Å². The van der Waals surface area contributed by atoms with Crippen molar-refractivity contribution in [2.24, 2.45) is 0 Å². The Bertz CT molecular complexity index is 118. The molecule has 13 heavy (non-hydrogen) atoms. The highest BCUT2D eigenvalue weighted by Crippen LogP contribution is 2.14. The van der Waals surface area contributed by atoms with Crippen LogP contribution in [0.5, 0.6) is 0 Å². The maximum atomic E-state index is 2.32. The molecule has 0 rings (SSSR count). The van der Waals surface area contributed by atoms with Crippen LogP contribution in [0.4, 0.5) is 0 Å². The third-order valence-electron chi connectivity index (χ3n) is 2.37. The van der Waals surface area contributed by atoms with E-state index in [0.717, 1.165) is 5.25 Å². The van der Waals surface area contributed by atoms with Crippen molar-refractivity contribution in [2.45, 2.75) is 57.6 Å². The van der Waals surface area contributed by atoms with E-state index in [9.17, 15) is 0 Å². The smallest absolute Gasteiger partial charge is 0.00159 e. The van der Waals surface area contributed by atoms with Gasteiger partial charge in [-0.25, -0.2) is 0 Å². The summed E-state index contributed by atoms with van der Waals surface area (Å²) in [5, 5.41) is 0.857. The predicted molar refractivity (Wildman–Crippen MR) is 65.5 cm³/mol. The molecule has 1 unspecified atom stereocenters. The van der Waals surface area contributed by atoms with Crippen LogP contribution in [0, 0.1) is 0 Å². The summed E-state index contributed by atoms with van der Waals surface area (Å²) in [4.78, 5) is 0. The third-order valence-corrected chi connectivity index (χ3v) is 3.41. The monoisotopic (exact) mass is 200 g/mol. The Kier molecular flexibility index (Phi) is 10.2. The molecule has 78 valence electrons. The van der Waals surface area contributed by atoms with Gasteiger partial charge in [-0.05, 0) is 32.4 Å². The fraction of sp³-hybridized carbons (Fsp3) is 0.833. The van der Waals surface area contributed by atoms with Crippen molar-refractivity contribution < 1.29 is 0 Å². The lowest BCUT2D eigenvalue weighted by atomic mass is 10.1. The first-order valence-electron chi connectivity index (χ1n) is 5.45. The third kappa shape index (κ3) is 10.0. The number of rotatable bonds is 8. The lowest BCUT2D eigenvalue weighted by Gasteiger charge is -2.06. The first-order valence-corrected chi connectivity index (χ1v) is 6.74. The van der Waals surface area contributed by atoms with Gasteiger partial charge in [-0.3, -0.25) is 0 Å². The second-order valence-corrected chi connectivity index (χ2v) is 4.88. The average molecular weight is 200 g/mol. The molecule has 1 atom stereocenters. The Morgan fingerprint density at radius 2 is 1.85 bits per heavy atom. The minimum Gasteiger partial charge on any atom is -0.162 e. The quantitative estimate of drug-likeness (QED) is 0.406. The van der Waals surface area contributed by atoms with E-state index < -0.39 is 0 Å². The van der Waals surface area contributed by atoms with E-state index in [1.54, 1.807) is 0 Å². The van der Waals surface area contributed by atoms with Crippen LogP contribution in [0.3, 0.4) is 0 Å². The molecule has 0 spiro atoms. The highest BCUT2D eigenvalue weighted by molar-refractivity contribution is 7.99. The maximum absolute atomic E-state index is 2.32. The standard InChI is InChI=1S/C12H24S/c1-4-5-6-7-8-9-10-11-12(2)13-3/h4-5,12H,6-11H2,1-3H3/b5-4+. The van der Waals surface area contributed by atoms with Crippen molar-refractivity contribution in [3.8, 4) is 0 Å². The van der Waals surface area contributed by atoms with Crippen LogP contribution in [0.2, 0.25) is 0 Å². The van der Waals surface area contributed by atoms with Gasteiger partial charge >= 0.3 is 0 Å². The molecule has 0 aromatic carbocycles. The number of unbranched alkanes of at least 4 members (excludes halogenated alkanes) is 4. The van der Waals surface area contributed by atoms with Gasteiger partial charge in [0, 0.05) is 5.25 Å². The van der Waals surface area contributed by atoms with Gasteiger partial charge in [-0.15, -0.1) is 0 Å². The Balaban J connectivity index is 2.99.